The van der Waals surface area contributed by atoms with Gasteiger partial charge in [0.1, 0.15) is 11.9 Å². The van der Waals surface area contributed by atoms with Crippen molar-refractivity contribution in [2.45, 2.75) is 13.0 Å². The molecule has 0 bridgehead atoms. The van der Waals surface area contributed by atoms with Crippen LogP contribution in [0.15, 0.2) is 36.7 Å². The standard InChI is InChI=1S/C20H23N5O5S/c1-14(26)21-12-17-13-25(20(27)30-17)16-3-4-18(22-11-16)15-2-5-19(23-10-15)24-6-8-31(28,29)9-7-24/h2-5,10-11,17H,6-9,12-13H2,1H3,(H,21,26). The summed E-state index contributed by atoms with van der Waals surface area (Å²) in [5, 5.41) is 2.64. The maximum Gasteiger partial charge on any atom is 0.414 e. The average Bonchev–Trinajstić information content (AvgIpc) is 3.13. The van der Waals surface area contributed by atoms with Crippen LogP contribution in [0.2, 0.25) is 0 Å². The number of aromatic nitrogens is 2. The zero-order valence-corrected chi connectivity index (χ0v) is 17.8. The van der Waals surface area contributed by atoms with Crippen LogP contribution in [-0.2, 0) is 19.4 Å². The lowest BCUT2D eigenvalue weighted by atomic mass is 10.2. The lowest BCUT2D eigenvalue weighted by molar-refractivity contribution is -0.119. The first kappa shape index (κ1) is 21.0. The van der Waals surface area contributed by atoms with Crippen LogP contribution >= 0.6 is 0 Å². The first-order chi connectivity index (χ1) is 14.8. The van der Waals surface area contributed by atoms with Crippen molar-refractivity contribution in [3.05, 3.63) is 36.7 Å². The number of ether oxygens (including phenoxy) is 1. The molecule has 31 heavy (non-hydrogen) atoms. The summed E-state index contributed by atoms with van der Waals surface area (Å²) in [6.45, 7) is 2.90. The number of anilines is 2. The Balaban J connectivity index is 1.40. The van der Waals surface area contributed by atoms with Crippen LogP contribution in [0.4, 0.5) is 16.3 Å². The zero-order valence-electron chi connectivity index (χ0n) is 17.0. The molecule has 4 rings (SSSR count). The molecule has 1 N–H and O–H groups in total. The summed E-state index contributed by atoms with van der Waals surface area (Å²) in [6, 6.07) is 7.33. The largest absolute Gasteiger partial charge is 0.442 e. The molecule has 2 aromatic rings. The van der Waals surface area contributed by atoms with Gasteiger partial charge in [-0.25, -0.2) is 18.2 Å². The van der Waals surface area contributed by atoms with E-state index in [2.05, 4.69) is 15.3 Å². The molecule has 164 valence electrons. The number of pyridine rings is 2. The van der Waals surface area contributed by atoms with E-state index in [0.717, 1.165) is 11.4 Å². The van der Waals surface area contributed by atoms with Gasteiger partial charge in [0.25, 0.3) is 0 Å². The average molecular weight is 446 g/mol. The minimum Gasteiger partial charge on any atom is -0.442 e. The van der Waals surface area contributed by atoms with Crippen molar-refractivity contribution in [1.29, 1.82) is 0 Å². The van der Waals surface area contributed by atoms with Crippen LogP contribution in [0, 0.1) is 0 Å². The van der Waals surface area contributed by atoms with Gasteiger partial charge in [-0.2, -0.15) is 0 Å². The molecule has 10 nitrogen and oxygen atoms in total. The fourth-order valence-electron chi connectivity index (χ4n) is 3.48. The van der Waals surface area contributed by atoms with E-state index in [1.54, 1.807) is 24.5 Å². The monoisotopic (exact) mass is 445 g/mol. The Kier molecular flexibility index (Phi) is 5.77. The maximum atomic E-state index is 12.1. The number of hydrogen-bond acceptors (Lipinski definition) is 8. The third-order valence-corrected chi connectivity index (χ3v) is 6.83. The number of cyclic esters (lactones) is 1. The van der Waals surface area contributed by atoms with Gasteiger partial charge in [0.2, 0.25) is 5.91 Å². The highest BCUT2D eigenvalue weighted by atomic mass is 32.2. The molecule has 2 aliphatic rings. The van der Waals surface area contributed by atoms with E-state index < -0.39 is 22.0 Å². The van der Waals surface area contributed by atoms with E-state index in [0.29, 0.717) is 31.0 Å². The molecule has 0 saturated carbocycles. The van der Waals surface area contributed by atoms with Crippen LogP contribution in [0.1, 0.15) is 6.92 Å². The molecule has 11 heteroatoms. The number of rotatable bonds is 5. The molecule has 0 spiro atoms. The van der Waals surface area contributed by atoms with Gasteiger partial charge in [-0.3, -0.25) is 14.7 Å². The number of sulfone groups is 1. The van der Waals surface area contributed by atoms with Crippen molar-refractivity contribution in [2.24, 2.45) is 0 Å². The van der Waals surface area contributed by atoms with E-state index in [1.165, 1.54) is 11.8 Å². The predicted molar refractivity (Wildman–Crippen MR) is 115 cm³/mol. The van der Waals surface area contributed by atoms with Crippen LogP contribution in [0.5, 0.6) is 0 Å². The predicted octanol–water partition coefficient (Wildman–Crippen LogP) is 0.840. The normalized spacial score (nSPS) is 20.4. The molecule has 0 aromatic carbocycles. The van der Waals surface area contributed by atoms with E-state index >= 15 is 0 Å². The smallest absolute Gasteiger partial charge is 0.414 e. The molecule has 2 aliphatic heterocycles. The molecule has 4 heterocycles. The van der Waals surface area contributed by atoms with Gasteiger partial charge < -0.3 is 15.0 Å². The van der Waals surface area contributed by atoms with Gasteiger partial charge >= 0.3 is 6.09 Å². The third-order valence-electron chi connectivity index (χ3n) is 5.22. The topological polar surface area (TPSA) is 122 Å². The molecule has 2 saturated heterocycles. The van der Waals surface area contributed by atoms with Crippen molar-refractivity contribution in [2.75, 3.05) is 47.5 Å². The molecular weight excluding hydrogens is 422 g/mol. The molecular formula is C20H23N5O5S. The summed E-state index contributed by atoms with van der Waals surface area (Å²) >= 11 is 0. The Morgan fingerprint density at radius 3 is 2.55 bits per heavy atom. The van der Waals surface area contributed by atoms with Crippen molar-refractivity contribution in [3.8, 4) is 11.3 Å². The molecule has 0 aliphatic carbocycles. The summed E-state index contributed by atoms with van der Waals surface area (Å²) < 4.78 is 28.4. The van der Waals surface area contributed by atoms with Crippen LogP contribution in [-0.4, -0.2) is 74.2 Å². The fraction of sp³-hybridized carbons (Fsp3) is 0.400. The Labute approximate surface area is 180 Å². The van der Waals surface area contributed by atoms with Gasteiger partial charge in [-0.05, 0) is 24.3 Å². The summed E-state index contributed by atoms with van der Waals surface area (Å²) in [6.07, 6.45) is 2.42. The van der Waals surface area contributed by atoms with Gasteiger partial charge in [-0.1, -0.05) is 0 Å². The van der Waals surface area contributed by atoms with Crippen molar-refractivity contribution < 1.29 is 22.7 Å². The highest BCUT2D eigenvalue weighted by Crippen LogP contribution is 2.25. The minimum atomic E-state index is -2.94. The maximum absolute atomic E-state index is 12.1. The number of hydrogen-bond donors (Lipinski definition) is 1. The van der Waals surface area contributed by atoms with Gasteiger partial charge in [-0.15, -0.1) is 0 Å². The number of amides is 2. The Bertz CT molecular complexity index is 1060. The Morgan fingerprint density at radius 2 is 1.94 bits per heavy atom. The fourth-order valence-corrected chi connectivity index (χ4v) is 4.68. The molecule has 2 fully saturated rings. The molecule has 1 unspecified atom stereocenters. The first-order valence-corrected chi connectivity index (χ1v) is 11.7. The summed E-state index contributed by atoms with van der Waals surface area (Å²) in [7, 11) is -2.94. The van der Waals surface area contributed by atoms with Crippen molar-refractivity contribution in [3.63, 3.8) is 0 Å². The quantitative estimate of drug-likeness (QED) is 0.719. The number of nitrogens with zero attached hydrogens (tertiary/aromatic N) is 4. The Hall–Kier alpha value is -3.21. The Morgan fingerprint density at radius 1 is 1.16 bits per heavy atom. The second-order valence-corrected chi connectivity index (χ2v) is 9.80. The van der Waals surface area contributed by atoms with Gasteiger partial charge in [0.15, 0.2) is 9.84 Å². The number of nitrogens with one attached hydrogen (secondary N) is 1. The van der Waals surface area contributed by atoms with Crippen molar-refractivity contribution >= 4 is 33.3 Å². The third kappa shape index (κ3) is 4.93. The van der Waals surface area contributed by atoms with Crippen molar-refractivity contribution in [1.82, 2.24) is 15.3 Å². The highest BCUT2D eigenvalue weighted by molar-refractivity contribution is 7.91. The molecule has 0 radical (unpaired) electrons. The molecule has 1 atom stereocenters. The lowest BCUT2D eigenvalue weighted by Crippen LogP contribution is -2.40. The summed E-state index contributed by atoms with van der Waals surface area (Å²) in [5.74, 6) is 0.847. The van der Waals surface area contributed by atoms with Crippen LogP contribution in [0.25, 0.3) is 11.3 Å². The number of carbonyl (C=O) groups excluding carboxylic acids is 2. The van der Waals surface area contributed by atoms with Gasteiger partial charge in [0.05, 0.1) is 42.2 Å². The first-order valence-electron chi connectivity index (χ1n) is 9.91. The second kappa shape index (κ2) is 8.50. The molecule has 2 aromatic heterocycles. The summed E-state index contributed by atoms with van der Waals surface area (Å²) in [5.41, 5.74) is 2.12. The van der Waals surface area contributed by atoms with Crippen LogP contribution < -0.4 is 15.1 Å². The van der Waals surface area contributed by atoms with E-state index in [1.807, 2.05) is 17.0 Å². The van der Waals surface area contributed by atoms with Crippen LogP contribution in [0.3, 0.4) is 0 Å². The molecule has 2 amide bonds. The SMILES string of the molecule is CC(=O)NCC1CN(c2ccc(-c3ccc(N4CCS(=O)(=O)CC4)nc3)nc2)C(=O)O1. The van der Waals surface area contributed by atoms with Gasteiger partial charge in [0, 0.05) is 31.8 Å². The zero-order chi connectivity index (χ0) is 22.0. The van der Waals surface area contributed by atoms with E-state index in [9.17, 15) is 18.0 Å². The highest BCUT2D eigenvalue weighted by Gasteiger charge is 2.32. The van der Waals surface area contributed by atoms with E-state index in [-0.39, 0.29) is 24.0 Å². The lowest BCUT2D eigenvalue weighted by Gasteiger charge is -2.27. The second-order valence-electron chi connectivity index (χ2n) is 7.50. The summed E-state index contributed by atoms with van der Waals surface area (Å²) in [4.78, 5) is 35.5. The minimum absolute atomic E-state index is 0.143. The number of carbonyl (C=O) groups is 2. The van der Waals surface area contributed by atoms with E-state index in [4.69, 9.17) is 4.74 Å².